The highest BCUT2D eigenvalue weighted by Gasteiger charge is 2.03. The highest BCUT2D eigenvalue weighted by Crippen LogP contribution is 1.99. The van der Waals surface area contributed by atoms with E-state index in [9.17, 15) is 5.11 Å². The zero-order chi connectivity index (χ0) is 14.5. The third kappa shape index (κ3) is 9.02. The van der Waals surface area contributed by atoms with Gasteiger partial charge in [-0.15, -0.1) is 0 Å². The van der Waals surface area contributed by atoms with E-state index in [0.717, 1.165) is 26.0 Å². The van der Waals surface area contributed by atoms with E-state index in [2.05, 4.69) is 23.3 Å². The molecule has 1 rings (SSSR count). The molecule has 0 bridgehead atoms. The van der Waals surface area contributed by atoms with Crippen molar-refractivity contribution in [3.63, 3.8) is 0 Å². The topological polar surface area (TPSA) is 54.4 Å². The van der Waals surface area contributed by atoms with Crippen LogP contribution < -0.4 is 5.32 Å². The smallest absolute Gasteiger partial charge is 0.0897 e. The van der Waals surface area contributed by atoms with Gasteiger partial charge in [-0.1, -0.05) is 32.3 Å². The Bertz CT molecular complexity index is 320. The minimum Gasteiger partial charge on any atom is -0.389 e. The third-order valence-corrected chi connectivity index (χ3v) is 3.15. The van der Waals surface area contributed by atoms with Gasteiger partial charge >= 0.3 is 0 Å². The normalized spacial score (nSPS) is 12.5. The molecule has 4 nitrogen and oxygen atoms in total. The van der Waals surface area contributed by atoms with Crippen LogP contribution in [0.15, 0.2) is 24.5 Å². The summed E-state index contributed by atoms with van der Waals surface area (Å²) in [5.74, 6) is 0. The Balaban J connectivity index is 1.91. The summed E-state index contributed by atoms with van der Waals surface area (Å²) in [6.07, 6.45) is 8.97. The number of nitrogens with zero attached hydrogens (tertiary/aromatic N) is 1. The highest BCUT2D eigenvalue weighted by atomic mass is 16.5. The number of hydrogen-bond acceptors (Lipinski definition) is 4. The summed E-state index contributed by atoms with van der Waals surface area (Å²) in [7, 11) is 0. The van der Waals surface area contributed by atoms with Crippen molar-refractivity contribution in [2.75, 3.05) is 26.3 Å². The van der Waals surface area contributed by atoms with E-state index in [1.54, 1.807) is 6.20 Å². The van der Waals surface area contributed by atoms with E-state index in [1.165, 1.54) is 24.8 Å². The van der Waals surface area contributed by atoms with E-state index in [-0.39, 0.29) is 0 Å². The summed E-state index contributed by atoms with van der Waals surface area (Å²) in [5, 5.41) is 13.0. The van der Waals surface area contributed by atoms with E-state index in [1.807, 2.05) is 12.3 Å². The molecule has 0 aliphatic heterocycles. The van der Waals surface area contributed by atoms with Gasteiger partial charge in [0, 0.05) is 25.5 Å². The number of nitrogens with one attached hydrogen (secondary N) is 1. The second-order valence-electron chi connectivity index (χ2n) is 5.10. The lowest BCUT2D eigenvalue weighted by molar-refractivity contribution is 0.0356. The molecule has 0 aliphatic carbocycles. The average Bonchev–Trinajstić information content (AvgIpc) is 2.48. The summed E-state index contributed by atoms with van der Waals surface area (Å²) in [6, 6.07) is 4.00. The van der Waals surface area contributed by atoms with Gasteiger partial charge in [-0.25, -0.2) is 0 Å². The number of aliphatic hydroxyl groups is 1. The molecule has 2 N–H and O–H groups in total. The molecule has 0 aromatic carbocycles. The summed E-state index contributed by atoms with van der Waals surface area (Å²) in [4.78, 5) is 4.07. The standard InChI is InChI=1S/C16H28N2O2/c1-2-3-4-5-11-20-14-16(19)13-18-10-8-15-7-6-9-17-12-15/h6-7,9,12,16,18-19H,2-5,8,10-11,13-14H2,1H3. The van der Waals surface area contributed by atoms with Crippen LogP contribution in [0.3, 0.4) is 0 Å². The molecule has 0 fully saturated rings. The van der Waals surface area contributed by atoms with Gasteiger partial charge in [0.2, 0.25) is 0 Å². The SMILES string of the molecule is CCCCCCOCC(O)CNCCc1cccnc1. The maximum atomic E-state index is 9.75. The molecule has 0 aliphatic rings. The zero-order valence-electron chi connectivity index (χ0n) is 12.6. The fraction of sp³-hybridized carbons (Fsp3) is 0.688. The van der Waals surface area contributed by atoms with Gasteiger partial charge in [-0.3, -0.25) is 4.98 Å². The number of ether oxygens (including phenoxy) is 1. The minimum atomic E-state index is -0.421. The van der Waals surface area contributed by atoms with E-state index < -0.39 is 6.10 Å². The van der Waals surface area contributed by atoms with Crippen LogP contribution in [0.25, 0.3) is 0 Å². The monoisotopic (exact) mass is 280 g/mol. The molecule has 1 aromatic rings. The zero-order valence-corrected chi connectivity index (χ0v) is 12.6. The van der Waals surface area contributed by atoms with Crippen LogP contribution in [0, 0.1) is 0 Å². The second kappa shape index (κ2) is 11.8. The predicted octanol–water partition coefficient (Wildman–Crippen LogP) is 2.17. The van der Waals surface area contributed by atoms with Gasteiger partial charge in [0.15, 0.2) is 0 Å². The molecule has 4 heteroatoms. The van der Waals surface area contributed by atoms with Crippen LogP contribution in [-0.4, -0.2) is 42.5 Å². The number of pyridine rings is 1. The molecule has 0 spiro atoms. The van der Waals surface area contributed by atoms with Gasteiger partial charge in [0.05, 0.1) is 12.7 Å². The van der Waals surface area contributed by atoms with Crippen LogP contribution in [0.2, 0.25) is 0 Å². The van der Waals surface area contributed by atoms with Crippen LogP contribution in [0.5, 0.6) is 0 Å². The first kappa shape index (κ1) is 17.1. The van der Waals surface area contributed by atoms with Crippen molar-refractivity contribution >= 4 is 0 Å². The fourth-order valence-electron chi connectivity index (χ4n) is 1.96. The molecule has 0 saturated carbocycles. The molecular weight excluding hydrogens is 252 g/mol. The van der Waals surface area contributed by atoms with Gasteiger partial charge in [0.25, 0.3) is 0 Å². The number of aliphatic hydroxyl groups excluding tert-OH is 1. The molecule has 0 amide bonds. The van der Waals surface area contributed by atoms with Crippen molar-refractivity contribution in [2.45, 2.75) is 45.1 Å². The molecule has 0 radical (unpaired) electrons. The van der Waals surface area contributed by atoms with E-state index in [4.69, 9.17) is 4.74 Å². The third-order valence-electron chi connectivity index (χ3n) is 3.15. The molecule has 1 heterocycles. The average molecular weight is 280 g/mol. The number of rotatable bonds is 12. The first-order valence-corrected chi connectivity index (χ1v) is 7.68. The van der Waals surface area contributed by atoms with Crippen molar-refractivity contribution in [3.05, 3.63) is 30.1 Å². The lowest BCUT2D eigenvalue weighted by Gasteiger charge is -2.12. The van der Waals surface area contributed by atoms with E-state index in [0.29, 0.717) is 13.2 Å². The molecule has 1 atom stereocenters. The van der Waals surface area contributed by atoms with Crippen molar-refractivity contribution in [3.8, 4) is 0 Å². The van der Waals surface area contributed by atoms with Gasteiger partial charge in [-0.2, -0.15) is 0 Å². The van der Waals surface area contributed by atoms with Crippen LogP contribution in [0.1, 0.15) is 38.2 Å². The van der Waals surface area contributed by atoms with Crippen molar-refractivity contribution in [1.29, 1.82) is 0 Å². The molecule has 20 heavy (non-hydrogen) atoms. The van der Waals surface area contributed by atoms with Crippen molar-refractivity contribution in [2.24, 2.45) is 0 Å². The Hall–Kier alpha value is -0.970. The maximum absolute atomic E-state index is 9.75. The van der Waals surface area contributed by atoms with Crippen molar-refractivity contribution in [1.82, 2.24) is 10.3 Å². The summed E-state index contributed by atoms with van der Waals surface area (Å²) in [6.45, 7) is 4.80. The predicted molar refractivity (Wildman–Crippen MR) is 81.8 cm³/mol. The quantitative estimate of drug-likeness (QED) is 0.576. The highest BCUT2D eigenvalue weighted by molar-refractivity contribution is 5.08. The fourth-order valence-corrected chi connectivity index (χ4v) is 1.96. The Kier molecular flexibility index (Phi) is 10.1. The lowest BCUT2D eigenvalue weighted by Crippen LogP contribution is -2.31. The molecule has 0 saturated heterocycles. The van der Waals surface area contributed by atoms with Gasteiger partial charge in [0.1, 0.15) is 0 Å². The molecule has 114 valence electrons. The summed E-state index contributed by atoms with van der Waals surface area (Å²) in [5.41, 5.74) is 1.21. The lowest BCUT2D eigenvalue weighted by atomic mass is 10.2. The maximum Gasteiger partial charge on any atom is 0.0897 e. The number of unbranched alkanes of at least 4 members (excludes halogenated alkanes) is 3. The Morgan fingerprint density at radius 1 is 1.35 bits per heavy atom. The van der Waals surface area contributed by atoms with Crippen molar-refractivity contribution < 1.29 is 9.84 Å². The molecule has 1 aromatic heterocycles. The number of hydrogen-bond donors (Lipinski definition) is 2. The summed E-state index contributed by atoms with van der Waals surface area (Å²) < 4.78 is 5.46. The van der Waals surface area contributed by atoms with Gasteiger partial charge < -0.3 is 15.2 Å². The number of aromatic nitrogens is 1. The first-order chi connectivity index (χ1) is 9.83. The van der Waals surface area contributed by atoms with E-state index >= 15 is 0 Å². The van der Waals surface area contributed by atoms with Gasteiger partial charge in [-0.05, 0) is 31.0 Å². The van der Waals surface area contributed by atoms with Crippen LogP contribution in [-0.2, 0) is 11.2 Å². The summed E-state index contributed by atoms with van der Waals surface area (Å²) >= 11 is 0. The molecule has 1 unspecified atom stereocenters. The Morgan fingerprint density at radius 3 is 3.00 bits per heavy atom. The first-order valence-electron chi connectivity index (χ1n) is 7.68. The second-order valence-corrected chi connectivity index (χ2v) is 5.10. The minimum absolute atomic E-state index is 0.421. The largest absolute Gasteiger partial charge is 0.389 e. The van der Waals surface area contributed by atoms with Crippen LogP contribution in [0.4, 0.5) is 0 Å². The Morgan fingerprint density at radius 2 is 2.25 bits per heavy atom. The molecular formula is C16H28N2O2. The van der Waals surface area contributed by atoms with Crippen LogP contribution >= 0.6 is 0 Å². The Labute approximate surface area is 122 Å².